The first-order chi connectivity index (χ1) is 11.8. The third kappa shape index (κ3) is 2.59. The fourth-order valence-corrected chi connectivity index (χ4v) is 4.53. The van der Waals surface area contributed by atoms with Crippen LogP contribution < -0.4 is 0 Å². The van der Waals surface area contributed by atoms with Gasteiger partial charge in [-0.05, 0) is 47.6 Å². The van der Waals surface area contributed by atoms with E-state index in [1.165, 1.54) is 51.2 Å². The number of imidazole rings is 1. The minimum Gasteiger partial charge on any atom is -0.295 e. The largest absolute Gasteiger partial charge is 0.295 e. The first-order valence-corrected chi connectivity index (χ1v) is 9.85. The van der Waals surface area contributed by atoms with Gasteiger partial charge in [-0.3, -0.25) is 4.40 Å². The van der Waals surface area contributed by atoms with E-state index in [2.05, 4.69) is 82.4 Å². The van der Waals surface area contributed by atoms with Gasteiger partial charge < -0.3 is 0 Å². The summed E-state index contributed by atoms with van der Waals surface area (Å²) in [7, 11) is 0. The number of rotatable bonds is 5. The first kappa shape index (κ1) is 15.9. The molecule has 4 aromatic rings. The van der Waals surface area contributed by atoms with Gasteiger partial charge >= 0.3 is 0 Å². The zero-order chi connectivity index (χ0) is 16.5. The Kier molecular flexibility index (Phi) is 4.44. The normalized spacial score (nSPS) is 11.8. The van der Waals surface area contributed by atoms with Crippen molar-refractivity contribution in [2.45, 2.75) is 39.0 Å². The van der Waals surface area contributed by atoms with E-state index in [0.717, 1.165) is 17.6 Å². The Labute approximate surface area is 156 Å². The maximum Gasteiger partial charge on any atom is 0.146 e. The quantitative estimate of drug-likeness (QED) is 0.267. The van der Waals surface area contributed by atoms with Gasteiger partial charge in [0.25, 0.3) is 0 Å². The molecule has 0 aliphatic rings. The van der Waals surface area contributed by atoms with Crippen LogP contribution in [0, 0.1) is 3.57 Å². The number of pyridine rings is 1. The van der Waals surface area contributed by atoms with E-state index in [-0.39, 0.29) is 0 Å². The number of hydrogen-bond acceptors (Lipinski definition) is 1. The van der Waals surface area contributed by atoms with Gasteiger partial charge in [-0.25, -0.2) is 4.98 Å². The Balaban J connectivity index is 2.00. The second kappa shape index (κ2) is 6.71. The lowest BCUT2D eigenvalue weighted by Crippen LogP contribution is -2.02. The maximum atomic E-state index is 4.95. The van der Waals surface area contributed by atoms with Crippen LogP contribution in [0.5, 0.6) is 0 Å². The lowest BCUT2D eigenvalue weighted by Gasteiger charge is -2.13. The fourth-order valence-electron chi connectivity index (χ4n) is 3.54. The Hall–Kier alpha value is -1.62. The molecule has 3 heteroatoms. The highest BCUT2D eigenvalue weighted by molar-refractivity contribution is 14.1. The van der Waals surface area contributed by atoms with Gasteiger partial charge in [0.2, 0.25) is 0 Å². The summed E-state index contributed by atoms with van der Waals surface area (Å²) in [5, 5.41) is 2.57. The number of halogens is 1. The van der Waals surface area contributed by atoms with Crippen LogP contribution in [0.15, 0.2) is 48.5 Å². The van der Waals surface area contributed by atoms with Crippen LogP contribution >= 0.6 is 22.6 Å². The van der Waals surface area contributed by atoms with Gasteiger partial charge in [-0.15, -0.1) is 0 Å². The molecule has 0 saturated carbocycles. The molecule has 0 spiro atoms. The van der Waals surface area contributed by atoms with Crippen molar-refractivity contribution in [3.8, 4) is 0 Å². The molecule has 0 fully saturated rings. The van der Waals surface area contributed by atoms with E-state index in [0.29, 0.717) is 0 Å². The number of para-hydroxylation sites is 2. The van der Waals surface area contributed by atoms with Gasteiger partial charge in [0.15, 0.2) is 0 Å². The topological polar surface area (TPSA) is 17.3 Å². The second-order valence-corrected chi connectivity index (χ2v) is 7.46. The molecule has 2 aromatic heterocycles. The van der Waals surface area contributed by atoms with Crippen molar-refractivity contribution in [2.24, 2.45) is 0 Å². The number of fused-ring (bicyclic) bond motifs is 5. The predicted molar refractivity (Wildman–Crippen MR) is 111 cm³/mol. The highest BCUT2D eigenvalue weighted by atomic mass is 127. The van der Waals surface area contributed by atoms with Crippen molar-refractivity contribution in [1.82, 2.24) is 9.38 Å². The summed E-state index contributed by atoms with van der Waals surface area (Å²) in [4.78, 5) is 4.95. The zero-order valence-electron chi connectivity index (χ0n) is 13.9. The number of hydrogen-bond donors (Lipinski definition) is 0. The van der Waals surface area contributed by atoms with E-state index in [9.17, 15) is 0 Å². The Bertz CT molecular complexity index is 1020. The van der Waals surface area contributed by atoms with Gasteiger partial charge in [-0.2, -0.15) is 0 Å². The summed E-state index contributed by atoms with van der Waals surface area (Å²) < 4.78 is 3.76. The third-order valence-electron chi connectivity index (χ3n) is 4.76. The smallest absolute Gasteiger partial charge is 0.146 e. The molecule has 0 amide bonds. The summed E-state index contributed by atoms with van der Waals surface area (Å²) in [6, 6.07) is 17.2. The molecule has 0 unspecified atom stereocenters. The summed E-state index contributed by atoms with van der Waals surface area (Å²) in [6.07, 6.45) is 6.24. The van der Waals surface area contributed by atoms with Crippen LogP contribution in [0.2, 0.25) is 0 Å². The predicted octanol–water partition coefficient (Wildman–Crippen LogP) is 6.37. The zero-order valence-corrected chi connectivity index (χ0v) is 16.1. The lowest BCUT2D eigenvalue weighted by molar-refractivity contribution is 0.658. The highest BCUT2D eigenvalue weighted by Gasteiger charge is 2.16. The molecule has 0 bridgehead atoms. The van der Waals surface area contributed by atoms with Crippen LogP contribution in [0.1, 0.15) is 38.3 Å². The van der Waals surface area contributed by atoms with Gasteiger partial charge in [0.05, 0.1) is 11.0 Å². The number of benzene rings is 2. The maximum absolute atomic E-state index is 4.95. The lowest BCUT2D eigenvalue weighted by atomic mass is 10.1. The van der Waals surface area contributed by atoms with E-state index < -0.39 is 0 Å². The van der Waals surface area contributed by atoms with E-state index in [1.807, 2.05) is 0 Å². The number of aromatic nitrogens is 2. The Morgan fingerprint density at radius 3 is 2.50 bits per heavy atom. The highest BCUT2D eigenvalue weighted by Crippen LogP contribution is 2.32. The molecule has 0 radical (unpaired) electrons. The number of aryl methyl sites for hydroxylation is 1. The molecule has 0 N–H and O–H groups in total. The molecule has 122 valence electrons. The van der Waals surface area contributed by atoms with E-state index >= 15 is 0 Å². The first-order valence-electron chi connectivity index (χ1n) is 8.77. The fraction of sp³-hybridized carbons (Fsp3) is 0.286. The SMILES string of the molecule is CCCCCCc1c(I)c2ccccc2c2nc3ccccc3n12. The average molecular weight is 428 g/mol. The molecule has 2 heterocycles. The molecule has 0 aliphatic heterocycles. The van der Waals surface area contributed by atoms with Crippen LogP contribution in [-0.4, -0.2) is 9.38 Å². The molecule has 2 nitrogen and oxygen atoms in total. The van der Waals surface area contributed by atoms with Crippen LogP contribution in [-0.2, 0) is 6.42 Å². The van der Waals surface area contributed by atoms with Crippen molar-refractivity contribution in [2.75, 3.05) is 0 Å². The summed E-state index contributed by atoms with van der Waals surface area (Å²) in [6.45, 7) is 2.27. The van der Waals surface area contributed by atoms with Crippen molar-refractivity contribution < 1.29 is 0 Å². The molecule has 4 rings (SSSR count). The van der Waals surface area contributed by atoms with Gasteiger partial charge in [-0.1, -0.05) is 62.6 Å². The minimum atomic E-state index is 1.08. The van der Waals surface area contributed by atoms with Crippen molar-refractivity contribution >= 4 is 50.0 Å². The van der Waals surface area contributed by atoms with E-state index in [4.69, 9.17) is 4.98 Å². The molecule has 2 aromatic carbocycles. The summed E-state index contributed by atoms with van der Waals surface area (Å²) >= 11 is 2.53. The van der Waals surface area contributed by atoms with Crippen molar-refractivity contribution in [1.29, 1.82) is 0 Å². The molecule has 24 heavy (non-hydrogen) atoms. The Morgan fingerprint density at radius 2 is 1.67 bits per heavy atom. The molecule has 0 saturated heterocycles. The minimum absolute atomic E-state index is 1.08. The van der Waals surface area contributed by atoms with Crippen LogP contribution in [0.4, 0.5) is 0 Å². The van der Waals surface area contributed by atoms with Crippen molar-refractivity contribution in [3.05, 3.63) is 57.8 Å². The molecular formula is C21H21IN2. The van der Waals surface area contributed by atoms with Crippen molar-refractivity contribution in [3.63, 3.8) is 0 Å². The summed E-state index contributed by atoms with van der Waals surface area (Å²) in [5.74, 6) is 0. The standard InChI is InChI=1S/C21H21IN2/c1-2-3-4-5-14-19-20(22)15-10-6-7-11-16(15)21-23-17-12-8-9-13-18(17)24(19)21/h6-13H,2-5,14H2,1H3. The van der Waals surface area contributed by atoms with Crippen LogP contribution in [0.3, 0.4) is 0 Å². The van der Waals surface area contributed by atoms with Gasteiger partial charge in [0.1, 0.15) is 5.65 Å². The Morgan fingerprint density at radius 1 is 0.917 bits per heavy atom. The molecule has 0 atom stereocenters. The molecule has 0 aliphatic carbocycles. The molecular weight excluding hydrogens is 407 g/mol. The van der Waals surface area contributed by atoms with Gasteiger partial charge in [0, 0.05) is 20.0 Å². The number of unbranched alkanes of at least 4 members (excludes halogenated alkanes) is 3. The average Bonchev–Trinajstić information content (AvgIpc) is 3.01. The second-order valence-electron chi connectivity index (χ2n) is 6.38. The van der Waals surface area contributed by atoms with E-state index in [1.54, 1.807) is 0 Å². The summed E-state index contributed by atoms with van der Waals surface area (Å²) in [5.41, 5.74) is 4.81. The van der Waals surface area contributed by atoms with Crippen LogP contribution in [0.25, 0.3) is 27.5 Å². The number of nitrogens with zero attached hydrogens (tertiary/aromatic N) is 2. The third-order valence-corrected chi connectivity index (χ3v) is 5.96. The monoisotopic (exact) mass is 428 g/mol.